The smallest absolute Gasteiger partial charge is 0.0437 e. The zero-order chi connectivity index (χ0) is 13.5. The molecule has 0 atom stereocenters. The summed E-state index contributed by atoms with van der Waals surface area (Å²) in [7, 11) is 2.05. The number of nitrogens with one attached hydrogen (secondary N) is 1. The van der Waals surface area contributed by atoms with Gasteiger partial charge in [-0.2, -0.15) is 0 Å². The number of hydrogen-bond acceptors (Lipinski definition) is 2. The standard InChI is InChI=1S/C16H25ClN2/c1-18-13-14-8-11-19(12-9-14)10-4-6-15-5-2-3-7-16(15)17/h2-3,5,7,14,18H,4,6,8-13H2,1H3. The Morgan fingerprint density at radius 2 is 2.00 bits per heavy atom. The molecule has 19 heavy (non-hydrogen) atoms. The lowest BCUT2D eigenvalue weighted by molar-refractivity contribution is 0.182. The Morgan fingerprint density at radius 1 is 1.26 bits per heavy atom. The van der Waals surface area contributed by atoms with Gasteiger partial charge in [0.25, 0.3) is 0 Å². The van der Waals surface area contributed by atoms with E-state index in [0.717, 1.165) is 17.4 Å². The van der Waals surface area contributed by atoms with Crippen molar-refractivity contribution in [3.63, 3.8) is 0 Å². The Labute approximate surface area is 122 Å². The lowest BCUT2D eigenvalue weighted by atomic mass is 9.96. The molecule has 0 aromatic heterocycles. The third kappa shape index (κ3) is 4.79. The number of nitrogens with zero attached hydrogens (tertiary/aromatic N) is 1. The number of benzene rings is 1. The zero-order valence-corrected chi connectivity index (χ0v) is 12.6. The monoisotopic (exact) mass is 280 g/mol. The molecular formula is C16H25ClN2. The molecule has 3 heteroatoms. The van der Waals surface area contributed by atoms with Crippen LogP contribution in [0.3, 0.4) is 0 Å². The molecule has 1 fully saturated rings. The normalized spacial score (nSPS) is 17.8. The molecule has 1 aliphatic heterocycles. The largest absolute Gasteiger partial charge is 0.319 e. The lowest BCUT2D eigenvalue weighted by Crippen LogP contribution is -2.37. The first-order chi connectivity index (χ1) is 9.29. The molecular weight excluding hydrogens is 256 g/mol. The van der Waals surface area contributed by atoms with Gasteiger partial charge in [-0.15, -0.1) is 0 Å². The summed E-state index contributed by atoms with van der Waals surface area (Å²) in [4.78, 5) is 2.60. The molecule has 0 bridgehead atoms. The van der Waals surface area contributed by atoms with Crippen LogP contribution < -0.4 is 5.32 Å². The topological polar surface area (TPSA) is 15.3 Å². The first kappa shape index (κ1) is 14.8. The van der Waals surface area contributed by atoms with E-state index in [-0.39, 0.29) is 0 Å². The van der Waals surface area contributed by atoms with Crippen LogP contribution in [-0.2, 0) is 6.42 Å². The van der Waals surface area contributed by atoms with Gasteiger partial charge >= 0.3 is 0 Å². The average molecular weight is 281 g/mol. The van der Waals surface area contributed by atoms with Gasteiger partial charge < -0.3 is 10.2 Å². The zero-order valence-electron chi connectivity index (χ0n) is 11.9. The van der Waals surface area contributed by atoms with Crippen molar-refractivity contribution in [1.29, 1.82) is 0 Å². The van der Waals surface area contributed by atoms with Gasteiger partial charge in [-0.25, -0.2) is 0 Å². The SMILES string of the molecule is CNCC1CCN(CCCc2ccccc2Cl)CC1. The van der Waals surface area contributed by atoms with Crippen molar-refractivity contribution in [2.75, 3.05) is 33.2 Å². The van der Waals surface area contributed by atoms with E-state index >= 15 is 0 Å². The predicted octanol–water partition coefficient (Wildman–Crippen LogP) is 3.20. The van der Waals surface area contributed by atoms with Crippen LogP contribution in [0.25, 0.3) is 0 Å². The summed E-state index contributed by atoms with van der Waals surface area (Å²) >= 11 is 6.18. The number of halogens is 1. The van der Waals surface area contributed by atoms with Gasteiger partial charge in [-0.05, 0) is 76.5 Å². The van der Waals surface area contributed by atoms with Crippen molar-refractivity contribution in [2.24, 2.45) is 5.92 Å². The molecule has 0 amide bonds. The van der Waals surface area contributed by atoms with E-state index in [1.165, 1.54) is 51.0 Å². The fourth-order valence-electron chi connectivity index (χ4n) is 2.90. The minimum atomic E-state index is 0.879. The van der Waals surface area contributed by atoms with Crippen LogP contribution in [0.15, 0.2) is 24.3 Å². The van der Waals surface area contributed by atoms with E-state index in [2.05, 4.69) is 29.4 Å². The van der Waals surface area contributed by atoms with Crippen molar-refractivity contribution in [1.82, 2.24) is 10.2 Å². The minimum Gasteiger partial charge on any atom is -0.319 e. The van der Waals surface area contributed by atoms with Crippen LogP contribution in [0.1, 0.15) is 24.8 Å². The van der Waals surface area contributed by atoms with Crippen molar-refractivity contribution in [2.45, 2.75) is 25.7 Å². The van der Waals surface area contributed by atoms with E-state index in [1.807, 2.05) is 12.1 Å². The number of hydrogen-bond donors (Lipinski definition) is 1. The third-order valence-corrected chi connectivity index (χ3v) is 4.45. The highest BCUT2D eigenvalue weighted by Gasteiger charge is 2.17. The first-order valence-corrected chi connectivity index (χ1v) is 7.77. The molecule has 0 unspecified atom stereocenters. The van der Waals surface area contributed by atoms with E-state index < -0.39 is 0 Å². The number of rotatable bonds is 6. The van der Waals surface area contributed by atoms with Gasteiger partial charge in [0.1, 0.15) is 0 Å². The highest BCUT2D eigenvalue weighted by atomic mass is 35.5. The van der Waals surface area contributed by atoms with Crippen molar-refractivity contribution in [3.8, 4) is 0 Å². The Hall–Kier alpha value is -0.570. The Bertz CT molecular complexity index is 373. The highest BCUT2D eigenvalue weighted by molar-refractivity contribution is 6.31. The fourth-order valence-corrected chi connectivity index (χ4v) is 3.13. The van der Waals surface area contributed by atoms with Crippen LogP contribution in [0.4, 0.5) is 0 Å². The summed E-state index contributed by atoms with van der Waals surface area (Å²) in [6, 6.07) is 8.20. The maximum atomic E-state index is 6.18. The molecule has 2 rings (SSSR count). The summed E-state index contributed by atoms with van der Waals surface area (Å²) in [6.07, 6.45) is 4.98. The predicted molar refractivity (Wildman–Crippen MR) is 82.9 cm³/mol. The summed E-state index contributed by atoms with van der Waals surface area (Å²) in [5, 5.41) is 4.20. The first-order valence-electron chi connectivity index (χ1n) is 7.40. The van der Waals surface area contributed by atoms with Crippen LogP contribution >= 0.6 is 11.6 Å². The molecule has 0 aliphatic carbocycles. The molecule has 1 aromatic carbocycles. The van der Waals surface area contributed by atoms with E-state index in [1.54, 1.807) is 0 Å². The van der Waals surface area contributed by atoms with Gasteiger partial charge in [0, 0.05) is 5.02 Å². The maximum Gasteiger partial charge on any atom is 0.0437 e. The third-order valence-electron chi connectivity index (χ3n) is 4.08. The Morgan fingerprint density at radius 3 is 2.68 bits per heavy atom. The number of aryl methyl sites for hydroxylation is 1. The second-order valence-corrected chi connectivity index (χ2v) is 5.94. The Balaban J connectivity index is 1.66. The van der Waals surface area contributed by atoms with Crippen molar-refractivity contribution < 1.29 is 0 Å². The molecule has 1 N–H and O–H groups in total. The molecule has 1 aromatic rings. The second kappa shape index (κ2) is 7.88. The van der Waals surface area contributed by atoms with Crippen LogP contribution in [0.2, 0.25) is 5.02 Å². The van der Waals surface area contributed by atoms with Gasteiger partial charge in [-0.3, -0.25) is 0 Å². The molecule has 0 saturated carbocycles. The molecule has 1 aliphatic rings. The van der Waals surface area contributed by atoms with Crippen LogP contribution in [-0.4, -0.2) is 38.1 Å². The quantitative estimate of drug-likeness (QED) is 0.861. The fraction of sp³-hybridized carbons (Fsp3) is 0.625. The average Bonchev–Trinajstić information content (AvgIpc) is 2.43. The molecule has 0 radical (unpaired) electrons. The highest BCUT2D eigenvalue weighted by Crippen LogP contribution is 2.19. The van der Waals surface area contributed by atoms with E-state index in [9.17, 15) is 0 Å². The molecule has 1 heterocycles. The van der Waals surface area contributed by atoms with Gasteiger partial charge in [0.2, 0.25) is 0 Å². The molecule has 1 saturated heterocycles. The number of piperidine rings is 1. The summed E-state index contributed by atoms with van der Waals surface area (Å²) in [5.41, 5.74) is 1.29. The lowest BCUT2D eigenvalue weighted by Gasteiger charge is -2.31. The Kier molecular flexibility index (Phi) is 6.15. The maximum absolute atomic E-state index is 6.18. The van der Waals surface area contributed by atoms with Crippen molar-refractivity contribution >= 4 is 11.6 Å². The van der Waals surface area contributed by atoms with Crippen LogP contribution in [0.5, 0.6) is 0 Å². The van der Waals surface area contributed by atoms with Gasteiger partial charge in [0.05, 0.1) is 0 Å². The number of likely N-dealkylation sites (tertiary alicyclic amines) is 1. The van der Waals surface area contributed by atoms with E-state index in [0.29, 0.717) is 0 Å². The van der Waals surface area contributed by atoms with Crippen LogP contribution in [0, 0.1) is 5.92 Å². The minimum absolute atomic E-state index is 0.879. The molecule has 106 valence electrons. The van der Waals surface area contributed by atoms with Gasteiger partial charge in [0.15, 0.2) is 0 Å². The van der Waals surface area contributed by atoms with Crippen molar-refractivity contribution in [3.05, 3.63) is 34.9 Å². The summed E-state index contributed by atoms with van der Waals surface area (Å²) < 4.78 is 0. The van der Waals surface area contributed by atoms with E-state index in [4.69, 9.17) is 11.6 Å². The summed E-state index contributed by atoms with van der Waals surface area (Å²) in [5.74, 6) is 0.879. The van der Waals surface area contributed by atoms with Gasteiger partial charge in [-0.1, -0.05) is 29.8 Å². The molecule has 0 spiro atoms. The second-order valence-electron chi connectivity index (χ2n) is 5.54. The molecule has 2 nitrogen and oxygen atoms in total. The summed E-state index contributed by atoms with van der Waals surface area (Å²) in [6.45, 7) is 4.90.